The Balaban J connectivity index is 1.81. The fourth-order valence-electron chi connectivity index (χ4n) is 2.80. The number of hydrogen-bond donors (Lipinski definition) is 2. The smallest absolute Gasteiger partial charge is 0.257 e. The van der Waals surface area contributed by atoms with E-state index in [4.69, 9.17) is 0 Å². The molecule has 5 nitrogen and oxygen atoms in total. The summed E-state index contributed by atoms with van der Waals surface area (Å²) in [6.45, 7) is 3.49. The molecule has 1 atom stereocenters. The zero-order valence-electron chi connectivity index (χ0n) is 12.1. The van der Waals surface area contributed by atoms with Crippen LogP contribution in [0.15, 0.2) is 35.1 Å². The molecule has 0 aliphatic carbocycles. The summed E-state index contributed by atoms with van der Waals surface area (Å²) in [5.41, 5.74) is -0.142. The first-order valence-corrected chi connectivity index (χ1v) is 7.32. The minimum Gasteiger partial charge on any atom is -0.360 e. The van der Waals surface area contributed by atoms with Crippen molar-refractivity contribution >= 4 is 22.5 Å². The molecule has 0 saturated carbocycles. The standard InChI is InChI=1S/C16H19N3O2/c1-11(16(21)19-8-4-5-9-19)17-14-10-12-6-2-3-7-13(12)15(20)18-14/h2-3,6-7,10-11H,4-5,8-9H2,1H3,(H2,17,18,20). The first-order valence-electron chi connectivity index (χ1n) is 7.32. The van der Waals surface area contributed by atoms with E-state index in [9.17, 15) is 9.59 Å². The average Bonchev–Trinajstić information content (AvgIpc) is 3.00. The van der Waals surface area contributed by atoms with Crippen molar-refractivity contribution < 1.29 is 4.79 Å². The molecule has 0 radical (unpaired) electrons. The molecular formula is C16H19N3O2. The molecule has 110 valence electrons. The summed E-state index contributed by atoms with van der Waals surface area (Å²) in [5, 5.41) is 4.62. The van der Waals surface area contributed by atoms with Crippen LogP contribution in [0.5, 0.6) is 0 Å². The minimum absolute atomic E-state index is 0.0847. The lowest BCUT2D eigenvalue weighted by molar-refractivity contribution is -0.130. The molecule has 1 aliphatic rings. The van der Waals surface area contributed by atoms with Crippen LogP contribution in [0.25, 0.3) is 10.8 Å². The van der Waals surface area contributed by atoms with Crippen LogP contribution < -0.4 is 10.9 Å². The van der Waals surface area contributed by atoms with Crippen molar-refractivity contribution in [3.8, 4) is 0 Å². The fraction of sp³-hybridized carbons (Fsp3) is 0.375. The molecule has 21 heavy (non-hydrogen) atoms. The van der Waals surface area contributed by atoms with E-state index in [0.29, 0.717) is 11.2 Å². The number of carbonyl (C=O) groups is 1. The Labute approximate surface area is 123 Å². The van der Waals surface area contributed by atoms with E-state index in [-0.39, 0.29) is 17.5 Å². The van der Waals surface area contributed by atoms with Crippen LogP contribution in [0.1, 0.15) is 19.8 Å². The lowest BCUT2D eigenvalue weighted by Crippen LogP contribution is -2.40. The number of rotatable bonds is 3. The van der Waals surface area contributed by atoms with Gasteiger partial charge in [0, 0.05) is 18.5 Å². The molecule has 1 aromatic heterocycles. The first-order chi connectivity index (χ1) is 10.1. The second kappa shape index (κ2) is 5.60. The lowest BCUT2D eigenvalue weighted by atomic mass is 10.1. The molecule has 5 heteroatoms. The summed E-state index contributed by atoms with van der Waals surface area (Å²) in [6.07, 6.45) is 2.15. The van der Waals surface area contributed by atoms with Crippen LogP contribution in [0.4, 0.5) is 5.82 Å². The zero-order chi connectivity index (χ0) is 14.8. The molecule has 1 aromatic carbocycles. The fourth-order valence-corrected chi connectivity index (χ4v) is 2.80. The molecule has 0 spiro atoms. The van der Waals surface area contributed by atoms with E-state index in [1.54, 1.807) is 6.07 Å². The van der Waals surface area contributed by atoms with Crippen molar-refractivity contribution in [2.75, 3.05) is 18.4 Å². The van der Waals surface area contributed by atoms with Crippen molar-refractivity contribution in [3.05, 3.63) is 40.7 Å². The van der Waals surface area contributed by atoms with Gasteiger partial charge in [0.15, 0.2) is 0 Å². The van der Waals surface area contributed by atoms with Gasteiger partial charge in [-0.05, 0) is 37.3 Å². The Morgan fingerprint density at radius 3 is 2.76 bits per heavy atom. The highest BCUT2D eigenvalue weighted by molar-refractivity contribution is 5.86. The molecule has 3 rings (SSSR count). The number of H-pyrrole nitrogens is 1. The summed E-state index contributed by atoms with van der Waals surface area (Å²) in [7, 11) is 0. The van der Waals surface area contributed by atoms with Gasteiger partial charge < -0.3 is 15.2 Å². The molecule has 1 fully saturated rings. The van der Waals surface area contributed by atoms with Gasteiger partial charge in [-0.2, -0.15) is 0 Å². The summed E-state index contributed by atoms with van der Waals surface area (Å²) < 4.78 is 0. The summed E-state index contributed by atoms with van der Waals surface area (Å²) in [6, 6.07) is 8.93. The molecule has 1 aliphatic heterocycles. The molecule has 2 heterocycles. The molecule has 1 saturated heterocycles. The Hall–Kier alpha value is -2.30. The second-order valence-corrected chi connectivity index (χ2v) is 5.50. The third-order valence-electron chi connectivity index (χ3n) is 3.91. The number of carbonyl (C=O) groups excluding carboxylic acids is 1. The topological polar surface area (TPSA) is 65.2 Å². The molecule has 1 amide bonds. The SMILES string of the molecule is CC(Nc1cc2ccccc2c(=O)[nH]1)C(=O)N1CCCC1. The summed E-state index contributed by atoms with van der Waals surface area (Å²) in [5.74, 6) is 0.667. The Morgan fingerprint density at radius 2 is 2.00 bits per heavy atom. The van der Waals surface area contributed by atoms with E-state index in [0.717, 1.165) is 31.3 Å². The van der Waals surface area contributed by atoms with Crippen LogP contribution in [-0.2, 0) is 4.79 Å². The number of likely N-dealkylation sites (tertiary alicyclic amines) is 1. The number of aromatic amines is 1. The van der Waals surface area contributed by atoms with Crippen LogP contribution in [-0.4, -0.2) is 34.9 Å². The average molecular weight is 285 g/mol. The Bertz CT molecular complexity index is 717. The highest BCUT2D eigenvalue weighted by atomic mass is 16.2. The molecule has 1 unspecified atom stereocenters. The maximum Gasteiger partial charge on any atom is 0.257 e. The number of hydrogen-bond acceptors (Lipinski definition) is 3. The number of aromatic nitrogens is 1. The quantitative estimate of drug-likeness (QED) is 0.906. The second-order valence-electron chi connectivity index (χ2n) is 5.50. The molecule has 2 N–H and O–H groups in total. The first kappa shape index (κ1) is 13.7. The molecule has 0 bridgehead atoms. The van der Waals surface area contributed by atoms with Gasteiger partial charge in [-0.15, -0.1) is 0 Å². The van der Waals surface area contributed by atoms with Crippen molar-refractivity contribution in [2.24, 2.45) is 0 Å². The van der Waals surface area contributed by atoms with E-state index < -0.39 is 0 Å². The van der Waals surface area contributed by atoms with E-state index in [1.165, 1.54) is 0 Å². The van der Waals surface area contributed by atoms with Gasteiger partial charge in [-0.25, -0.2) is 0 Å². The Kier molecular flexibility index (Phi) is 3.64. The highest BCUT2D eigenvalue weighted by Gasteiger charge is 2.23. The number of nitrogens with one attached hydrogen (secondary N) is 2. The highest BCUT2D eigenvalue weighted by Crippen LogP contribution is 2.15. The van der Waals surface area contributed by atoms with Gasteiger partial charge in [0.2, 0.25) is 5.91 Å². The van der Waals surface area contributed by atoms with Crippen LogP contribution >= 0.6 is 0 Å². The van der Waals surface area contributed by atoms with Crippen LogP contribution in [0.2, 0.25) is 0 Å². The number of amides is 1. The van der Waals surface area contributed by atoms with E-state index >= 15 is 0 Å². The predicted octanol–water partition coefficient (Wildman–Crippen LogP) is 1.95. The van der Waals surface area contributed by atoms with Crippen LogP contribution in [0.3, 0.4) is 0 Å². The van der Waals surface area contributed by atoms with Crippen molar-refractivity contribution in [1.29, 1.82) is 0 Å². The number of benzene rings is 1. The van der Waals surface area contributed by atoms with Crippen LogP contribution in [0, 0.1) is 0 Å². The third-order valence-corrected chi connectivity index (χ3v) is 3.91. The zero-order valence-corrected chi connectivity index (χ0v) is 12.1. The number of anilines is 1. The van der Waals surface area contributed by atoms with Gasteiger partial charge in [0.25, 0.3) is 5.56 Å². The normalized spacial score (nSPS) is 16.1. The maximum absolute atomic E-state index is 12.3. The Morgan fingerprint density at radius 1 is 1.29 bits per heavy atom. The van der Waals surface area contributed by atoms with Gasteiger partial charge in [-0.3, -0.25) is 9.59 Å². The number of fused-ring (bicyclic) bond motifs is 1. The van der Waals surface area contributed by atoms with Gasteiger partial charge in [-0.1, -0.05) is 18.2 Å². The largest absolute Gasteiger partial charge is 0.360 e. The lowest BCUT2D eigenvalue weighted by Gasteiger charge is -2.21. The van der Waals surface area contributed by atoms with Crippen molar-refractivity contribution in [1.82, 2.24) is 9.88 Å². The van der Waals surface area contributed by atoms with Crippen molar-refractivity contribution in [2.45, 2.75) is 25.8 Å². The number of nitrogens with zero attached hydrogens (tertiary/aromatic N) is 1. The summed E-state index contributed by atoms with van der Waals surface area (Å²) >= 11 is 0. The van der Waals surface area contributed by atoms with Crippen molar-refractivity contribution in [3.63, 3.8) is 0 Å². The van der Waals surface area contributed by atoms with E-state index in [1.807, 2.05) is 36.1 Å². The molecular weight excluding hydrogens is 266 g/mol. The van der Waals surface area contributed by atoms with Gasteiger partial charge in [0.1, 0.15) is 11.9 Å². The minimum atomic E-state index is -0.347. The number of pyridine rings is 1. The van der Waals surface area contributed by atoms with Gasteiger partial charge >= 0.3 is 0 Å². The summed E-state index contributed by atoms with van der Waals surface area (Å²) in [4.78, 5) is 28.9. The van der Waals surface area contributed by atoms with Gasteiger partial charge in [0.05, 0.1) is 0 Å². The monoisotopic (exact) mass is 285 g/mol. The predicted molar refractivity (Wildman–Crippen MR) is 83.5 cm³/mol. The maximum atomic E-state index is 12.3. The van der Waals surface area contributed by atoms with E-state index in [2.05, 4.69) is 10.3 Å². The third kappa shape index (κ3) is 2.77. The molecule has 2 aromatic rings.